The van der Waals surface area contributed by atoms with Gasteiger partial charge in [0.15, 0.2) is 0 Å². The van der Waals surface area contributed by atoms with Crippen molar-refractivity contribution in [3.63, 3.8) is 0 Å². The van der Waals surface area contributed by atoms with Crippen LogP contribution in [0.4, 0.5) is 0 Å². The predicted molar refractivity (Wildman–Crippen MR) is 63.0 cm³/mol. The van der Waals surface area contributed by atoms with Crippen LogP contribution in [0.2, 0.25) is 0 Å². The van der Waals surface area contributed by atoms with E-state index in [2.05, 4.69) is 0 Å². The van der Waals surface area contributed by atoms with Crippen molar-refractivity contribution in [3.8, 4) is 11.5 Å². The Kier molecular flexibility index (Phi) is 5.08. The molecule has 2 N–H and O–H groups in total. The summed E-state index contributed by atoms with van der Waals surface area (Å²) in [7, 11) is 4.94. The van der Waals surface area contributed by atoms with Gasteiger partial charge in [0, 0.05) is 18.7 Å². The van der Waals surface area contributed by atoms with Crippen molar-refractivity contribution < 1.29 is 14.2 Å². The van der Waals surface area contributed by atoms with Gasteiger partial charge in [0.1, 0.15) is 11.5 Å². The molecule has 0 heterocycles. The van der Waals surface area contributed by atoms with Gasteiger partial charge in [-0.2, -0.15) is 0 Å². The number of ether oxygens (including phenoxy) is 3. The molecule has 0 saturated heterocycles. The summed E-state index contributed by atoms with van der Waals surface area (Å²) in [6, 6.07) is 3.90. The van der Waals surface area contributed by atoms with Gasteiger partial charge in [0.2, 0.25) is 0 Å². The summed E-state index contributed by atoms with van der Waals surface area (Å²) < 4.78 is 15.7. The first-order chi connectivity index (χ1) is 7.76. The van der Waals surface area contributed by atoms with E-state index in [9.17, 15) is 0 Å². The van der Waals surface area contributed by atoms with Gasteiger partial charge in [-0.05, 0) is 24.6 Å². The van der Waals surface area contributed by atoms with E-state index < -0.39 is 0 Å². The maximum Gasteiger partial charge on any atom is 0.128 e. The van der Waals surface area contributed by atoms with E-state index in [0.29, 0.717) is 13.2 Å². The quantitative estimate of drug-likeness (QED) is 0.794. The van der Waals surface area contributed by atoms with Crippen LogP contribution in [0.3, 0.4) is 0 Å². The van der Waals surface area contributed by atoms with E-state index in [1.807, 2.05) is 12.1 Å². The van der Waals surface area contributed by atoms with Crippen LogP contribution in [0.5, 0.6) is 11.5 Å². The fourth-order valence-electron chi connectivity index (χ4n) is 1.66. The molecule has 0 saturated carbocycles. The zero-order valence-electron chi connectivity index (χ0n) is 10.1. The molecule has 0 spiro atoms. The zero-order valence-corrected chi connectivity index (χ0v) is 10.1. The van der Waals surface area contributed by atoms with Crippen molar-refractivity contribution in [2.24, 2.45) is 5.73 Å². The Hall–Kier alpha value is -1.26. The molecule has 0 aliphatic heterocycles. The molecule has 1 aromatic carbocycles. The molecule has 4 heteroatoms. The summed E-state index contributed by atoms with van der Waals surface area (Å²) in [5.41, 5.74) is 7.65. The third-order valence-electron chi connectivity index (χ3n) is 2.40. The molecule has 0 fully saturated rings. The molecule has 0 aliphatic carbocycles. The fourth-order valence-corrected chi connectivity index (χ4v) is 1.66. The first-order valence-corrected chi connectivity index (χ1v) is 5.19. The highest BCUT2D eigenvalue weighted by atomic mass is 16.5. The van der Waals surface area contributed by atoms with E-state index in [4.69, 9.17) is 19.9 Å². The van der Waals surface area contributed by atoms with Crippen molar-refractivity contribution in [3.05, 3.63) is 23.3 Å². The molecule has 0 aliphatic rings. The number of methoxy groups -OCH3 is 3. The summed E-state index contributed by atoms with van der Waals surface area (Å²) in [4.78, 5) is 0. The molecule has 0 amide bonds. The maximum atomic E-state index is 5.56. The van der Waals surface area contributed by atoms with Crippen LogP contribution in [0.25, 0.3) is 0 Å². The summed E-state index contributed by atoms with van der Waals surface area (Å²) in [5.74, 6) is 1.58. The van der Waals surface area contributed by atoms with Gasteiger partial charge in [0.05, 0.1) is 20.8 Å². The largest absolute Gasteiger partial charge is 0.496 e. The average Bonchev–Trinajstić information content (AvgIpc) is 2.30. The highest BCUT2D eigenvalue weighted by molar-refractivity contribution is 5.46. The van der Waals surface area contributed by atoms with Gasteiger partial charge in [-0.1, -0.05) is 0 Å². The van der Waals surface area contributed by atoms with Crippen molar-refractivity contribution in [2.45, 2.75) is 13.0 Å². The smallest absolute Gasteiger partial charge is 0.128 e. The van der Waals surface area contributed by atoms with Crippen molar-refractivity contribution in [1.82, 2.24) is 0 Å². The lowest BCUT2D eigenvalue weighted by atomic mass is 10.1. The second kappa shape index (κ2) is 6.35. The van der Waals surface area contributed by atoms with Crippen LogP contribution in [0.15, 0.2) is 12.1 Å². The van der Waals surface area contributed by atoms with E-state index in [0.717, 1.165) is 29.0 Å². The number of nitrogens with two attached hydrogens (primary N) is 1. The topological polar surface area (TPSA) is 53.7 Å². The highest BCUT2D eigenvalue weighted by Crippen LogP contribution is 2.29. The Bertz CT molecular complexity index is 310. The van der Waals surface area contributed by atoms with Gasteiger partial charge >= 0.3 is 0 Å². The molecule has 4 nitrogen and oxygen atoms in total. The molecule has 16 heavy (non-hydrogen) atoms. The fraction of sp³-hybridized carbons (Fsp3) is 0.500. The number of hydrogen-bond acceptors (Lipinski definition) is 4. The summed E-state index contributed by atoms with van der Waals surface area (Å²) in [6.07, 6.45) is 0.782. The summed E-state index contributed by atoms with van der Waals surface area (Å²) in [6.45, 7) is 1.11. The Morgan fingerprint density at radius 3 is 2.12 bits per heavy atom. The van der Waals surface area contributed by atoms with E-state index in [-0.39, 0.29) is 0 Å². The molecule has 0 unspecified atom stereocenters. The molecular weight excluding hydrogens is 206 g/mol. The number of hydrogen-bond donors (Lipinski definition) is 1. The molecule has 90 valence electrons. The van der Waals surface area contributed by atoms with E-state index >= 15 is 0 Å². The molecule has 0 bridgehead atoms. The minimum absolute atomic E-state index is 0.519. The zero-order chi connectivity index (χ0) is 12.0. The minimum atomic E-state index is 0.519. The van der Waals surface area contributed by atoms with Crippen LogP contribution in [0.1, 0.15) is 11.1 Å². The van der Waals surface area contributed by atoms with Gasteiger partial charge in [-0.3, -0.25) is 0 Å². The second-order valence-electron chi connectivity index (χ2n) is 3.45. The average molecular weight is 225 g/mol. The number of rotatable bonds is 6. The summed E-state index contributed by atoms with van der Waals surface area (Å²) >= 11 is 0. The molecule has 0 aromatic heterocycles. The lowest BCUT2D eigenvalue weighted by Crippen LogP contribution is -2.06. The van der Waals surface area contributed by atoms with Crippen LogP contribution >= 0.6 is 0 Å². The Balaban J connectivity index is 3.12. The van der Waals surface area contributed by atoms with Crippen molar-refractivity contribution >= 4 is 0 Å². The molecular formula is C12H19NO3. The minimum Gasteiger partial charge on any atom is -0.496 e. The normalized spacial score (nSPS) is 10.2. The van der Waals surface area contributed by atoms with Crippen molar-refractivity contribution in [2.75, 3.05) is 27.9 Å². The Labute approximate surface area is 96.3 Å². The van der Waals surface area contributed by atoms with Gasteiger partial charge in [-0.25, -0.2) is 0 Å². The molecule has 0 radical (unpaired) electrons. The Morgan fingerprint density at radius 2 is 1.62 bits per heavy atom. The van der Waals surface area contributed by atoms with Crippen LogP contribution in [-0.2, 0) is 17.8 Å². The van der Waals surface area contributed by atoms with Gasteiger partial charge in [0.25, 0.3) is 0 Å². The molecule has 0 atom stereocenters. The van der Waals surface area contributed by atoms with E-state index in [1.54, 1.807) is 21.3 Å². The first kappa shape index (κ1) is 12.8. The van der Waals surface area contributed by atoms with Crippen LogP contribution in [-0.4, -0.2) is 27.9 Å². The molecule has 1 rings (SSSR count). The SMILES string of the molecule is COCc1cc(CCN)c(OC)cc1OC. The molecule has 1 aromatic rings. The van der Waals surface area contributed by atoms with E-state index in [1.165, 1.54) is 0 Å². The monoisotopic (exact) mass is 225 g/mol. The van der Waals surface area contributed by atoms with Gasteiger partial charge in [-0.15, -0.1) is 0 Å². The van der Waals surface area contributed by atoms with Gasteiger partial charge < -0.3 is 19.9 Å². The first-order valence-electron chi connectivity index (χ1n) is 5.19. The van der Waals surface area contributed by atoms with Crippen LogP contribution < -0.4 is 15.2 Å². The standard InChI is InChI=1S/C12H19NO3/c1-14-8-10-6-9(4-5-13)11(15-2)7-12(10)16-3/h6-7H,4-5,8,13H2,1-3H3. The third kappa shape index (κ3) is 2.87. The number of benzene rings is 1. The second-order valence-corrected chi connectivity index (χ2v) is 3.45. The highest BCUT2D eigenvalue weighted by Gasteiger charge is 2.10. The lowest BCUT2D eigenvalue weighted by Gasteiger charge is -2.14. The lowest BCUT2D eigenvalue weighted by molar-refractivity contribution is 0.181. The maximum absolute atomic E-state index is 5.56. The Morgan fingerprint density at radius 1 is 1.00 bits per heavy atom. The van der Waals surface area contributed by atoms with Crippen LogP contribution in [0, 0.1) is 0 Å². The summed E-state index contributed by atoms with van der Waals surface area (Å²) in [5, 5.41) is 0. The third-order valence-corrected chi connectivity index (χ3v) is 2.40. The predicted octanol–water partition coefficient (Wildman–Crippen LogP) is 1.35. The van der Waals surface area contributed by atoms with Crippen molar-refractivity contribution in [1.29, 1.82) is 0 Å².